The summed E-state index contributed by atoms with van der Waals surface area (Å²) in [5, 5.41) is 0. The lowest BCUT2D eigenvalue weighted by atomic mass is 10.1. The molecule has 1 aromatic heterocycles. The van der Waals surface area contributed by atoms with Gasteiger partial charge >= 0.3 is 0 Å². The van der Waals surface area contributed by atoms with E-state index in [0.29, 0.717) is 4.90 Å². The van der Waals surface area contributed by atoms with Gasteiger partial charge in [0.2, 0.25) is 0 Å². The molecule has 4 heteroatoms. The van der Waals surface area contributed by atoms with Gasteiger partial charge in [-0.05, 0) is 11.6 Å². The van der Waals surface area contributed by atoms with E-state index >= 15 is 0 Å². The predicted molar refractivity (Wildman–Crippen MR) is 58.7 cm³/mol. The van der Waals surface area contributed by atoms with Crippen LogP contribution in [-0.2, 0) is 11.1 Å². The van der Waals surface area contributed by atoms with Crippen LogP contribution in [0.15, 0.2) is 53.7 Å². The Hall–Kier alpha value is -1.52. The second-order valence-electron chi connectivity index (χ2n) is 3.02. The number of benzene rings is 1. The van der Waals surface area contributed by atoms with Crippen LogP contribution in [0.2, 0.25) is 0 Å². The molecule has 1 heterocycles. The van der Waals surface area contributed by atoms with Gasteiger partial charge in [0.1, 0.15) is 0 Å². The van der Waals surface area contributed by atoms with Crippen LogP contribution in [0.3, 0.4) is 0 Å². The SMILES string of the molecule is O=S(O)c1cncc(-c2ccccc2)c1. The quantitative estimate of drug-likeness (QED) is 0.789. The molecular formula is C11H9NO2S. The van der Waals surface area contributed by atoms with Crippen molar-refractivity contribution in [2.75, 3.05) is 0 Å². The molecule has 0 fully saturated rings. The molecule has 76 valence electrons. The van der Waals surface area contributed by atoms with Gasteiger partial charge in [-0.25, -0.2) is 4.21 Å². The Morgan fingerprint density at radius 1 is 1.07 bits per heavy atom. The monoisotopic (exact) mass is 219 g/mol. The van der Waals surface area contributed by atoms with Gasteiger partial charge in [0.05, 0.1) is 4.90 Å². The molecule has 0 bridgehead atoms. The maximum Gasteiger partial charge on any atom is 0.188 e. The van der Waals surface area contributed by atoms with E-state index in [1.54, 1.807) is 12.3 Å². The summed E-state index contributed by atoms with van der Waals surface area (Å²) in [7, 11) is 0. The van der Waals surface area contributed by atoms with E-state index in [1.807, 2.05) is 30.3 Å². The first-order valence-electron chi connectivity index (χ1n) is 4.39. The fourth-order valence-electron chi connectivity index (χ4n) is 1.30. The number of hydrogen-bond acceptors (Lipinski definition) is 2. The molecule has 0 radical (unpaired) electrons. The van der Waals surface area contributed by atoms with Crippen LogP contribution < -0.4 is 0 Å². The Morgan fingerprint density at radius 3 is 2.47 bits per heavy atom. The van der Waals surface area contributed by atoms with Crippen LogP contribution in [0.25, 0.3) is 11.1 Å². The summed E-state index contributed by atoms with van der Waals surface area (Å²) in [4.78, 5) is 4.25. The zero-order valence-corrected chi connectivity index (χ0v) is 8.65. The lowest BCUT2D eigenvalue weighted by molar-refractivity contribution is 0.564. The molecule has 1 unspecified atom stereocenters. The number of aromatic nitrogens is 1. The summed E-state index contributed by atoms with van der Waals surface area (Å²) in [6.07, 6.45) is 3.06. The minimum atomic E-state index is -1.98. The van der Waals surface area contributed by atoms with E-state index < -0.39 is 11.1 Å². The topological polar surface area (TPSA) is 50.2 Å². The lowest BCUT2D eigenvalue weighted by Crippen LogP contribution is -1.90. The number of rotatable bonds is 2. The van der Waals surface area contributed by atoms with E-state index in [2.05, 4.69) is 4.98 Å². The van der Waals surface area contributed by atoms with Gasteiger partial charge in [-0.3, -0.25) is 4.98 Å². The molecular weight excluding hydrogens is 210 g/mol. The molecule has 2 aromatic rings. The van der Waals surface area contributed by atoms with Gasteiger partial charge in [-0.1, -0.05) is 30.3 Å². The summed E-state index contributed by atoms with van der Waals surface area (Å²) < 4.78 is 19.8. The molecule has 15 heavy (non-hydrogen) atoms. The molecule has 2 rings (SSSR count). The van der Waals surface area contributed by atoms with Gasteiger partial charge < -0.3 is 4.55 Å². The smallest absolute Gasteiger partial charge is 0.188 e. The van der Waals surface area contributed by atoms with E-state index in [4.69, 9.17) is 4.55 Å². The third-order valence-corrected chi connectivity index (χ3v) is 2.65. The highest BCUT2D eigenvalue weighted by Crippen LogP contribution is 2.19. The van der Waals surface area contributed by atoms with Crippen molar-refractivity contribution in [1.82, 2.24) is 4.98 Å². The van der Waals surface area contributed by atoms with Crippen molar-refractivity contribution in [2.24, 2.45) is 0 Å². The average molecular weight is 219 g/mol. The molecule has 0 saturated carbocycles. The molecule has 1 aromatic carbocycles. The van der Waals surface area contributed by atoms with Crippen molar-refractivity contribution < 1.29 is 8.76 Å². The second-order valence-corrected chi connectivity index (χ2v) is 3.99. The van der Waals surface area contributed by atoms with E-state index in [-0.39, 0.29) is 0 Å². The van der Waals surface area contributed by atoms with Gasteiger partial charge in [-0.15, -0.1) is 0 Å². The number of nitrogens with zero attached hydrogens (tertiary/aromatic N) is 1. The fraction of sp³-hybridized carbons (Fsp3) is 0. The summed E-state index contributed by atoms with van der Waals surface area (Å²) in [6, 6.07) is 11.3. The number of pyridine rings is 1. The third kappa shape index (κ3) is 2.29. The first-order valence-corrected chi connectivity index (χ1v) is 5.49. The summed E-state index contributed by atoms with van der Waals surface area (Å²) in [5.74, 6) is 0. The molecule has 0 aliphatic rings. The fourth-order valence-corrected chi connectivity index (χ4v) is 1.68. The Balaban J connectivity index is 2.46. The van der Waals surface area contributed by atoms with Crippen LogP contribution in [0, 0.1) is 0 Å². The van der Waals surface area contributed by atoms with Crippen molar-refractivity contribution in [1.29, 1.82) is 0 Å². The first-order chi connectivity index (χ1) is 7.27. The predicted octanol–water partition coefficient (Wildman–Crippen LogP) is 2.33. The van der Waals surface area contributed by atoms with E-state index in [1.165, 1.54) is 6.20 Å². The second kappa shape index (κ2) is 4.33. The highest BCUT2D eigenvalue weighted by atomic mass is 32.2. The molecule has 1 atom stereocenters. The Labute approximate surface area is 90.1 Å². The highest BCUT2D eigenvalue weighted by molar-refractivity contribution is 7.79. The zero-order valence-electron chi connectivity index (χ0n) is 7.83. The van der Waals surface area contributed by atoms with E-state index in [0.717, 1.165) is 11.1 Å². The van der Waals surface area contributed by atoms with Crippen LogP contribution in [0.5, 0.6) is 0 Å². The minimum Gasteiger partial charge on any atom is -0.302 e. The van der Waals surface area contributed by atoms with Crippen LogP contribution in [-0.4, -0.2) is 13.7 Å². The van der Waals surface area contributed by atoms with Crippen molar-refractivity contribution >= 4 is 11.1 Å². The van der Waals surface area contributed by atoms with Gasteiger partial charge in [0.25, 0.3) is 0 Å². The van der Waals surface area contributed by atoms with Crippen molar-refractivity contribution in [3.63, 3.8) is 0 Å². The van der Waals surface area contributed by atoms with E-state index in [9.17, 15) is 4.21 Å². The summed E-state index contributed by atoms with van der Waals surface area (Å²) >= 11 is -1.98. The molecule has 1 N–H and O–H groups in total. The normalized spacial score (nSPS) is 12.3. The Kier molecular flexibility index (Phi) is 2.89. The standard InChI is InChI=1S/C11H9NO2S/c13-15(14)11-6-10(7-12-8-11)9-4-2-1-3-5-9/h1-8H,(H,13,14). The lowest BCUT2D eigenvalue weighted by Gasteiger charge is -2.01. The van der Waals surface area contributed by atoms with Gasteiger partial charge in [0, 0.05) is 18.0 Å². The molecule has 0 amide bonds. The van der Waals surface area contributed by atoms with Crippen molar-refractivity contribution in [2.45, 2.75) is 4.90 Å². The summed E-state index contributed by atoms with van der Waals surface area (Å²) in [5.41, 5.74) is 1.83. The third-order valence-electron chi connectivity index (χ3n) is 2.02. The molecule has 0 aliphatic heterocycles. The Bertz CT molecular complexity index is 485. The minimum absolute atomic E-state index is 0.316. The first kappa shape index (κ1) is 10.0. The largest absolute Gasteiger partial charge is 0.302 e. The van der Waals surface area contributed by atoms with Crippen LogP contribution in [0.1, 0.15) is 0 Å². The van der Waals surface area contributed by atoms with Gasteiger partial charge in [0.15, 0.2) is 11.1 Å². The van der Waals surface area contributed by atoms with Crippen LogP contribution in [0.4, 0.5) is 0 Å². The molecule has 3 nitrogen and oxygen atoms in total. The van der Waals surface area contributed by atoms with Gasteiger partial charge in [-0.2, -0.15) is 0 Å². The highest BCUT2D eigenvalue weighted by Gasteiger charge is 2.03. The van der Waals surface area contributed by atoms with Crippen molar-refractivity contribution in [3.05, 3.63) is 48.8 Å². The maximum absolute atomic E-state index is 10.9. The Morgan fingerprint density at radius 2 is 1.80 bits per heavy atom. The zero-order chi connectivity index (χ0) is 10.7. The molecule has 0 spiro atoms. The summed E-state index contributed by atoms with van der Waals surface area (Å²) in [6.45, 7) is 0. The molecule has 0 saturated heterocycles. The van der Waals surface area contributed by atoms with Crippen molar-refractivity contribution in [3.8, 4) is 11.1 Å². The molecule has 0 aliphatic carbocycles. The average Bonchev–Trinajstić information content (AvgIpc) is 2.30. The number of hydrogen-bond donors (Lipinski definition) is 1. The van der Waals surface area contributed by atoms with Crippen LogP contribution >= 0.6 is 0 Å². The maximum atomic E-state index is 10.9.